The molecule has 1 aliphatic rings. The fourth-order valence-electron chi connectivity index (χ4n) is 3.20. The Bertz CT molecular complexity index is 597. The Hall–Kier alpha value is -2.08. The maximum absolute atomic E-state index is 12.2. The number of benzene rings is 1. The molecule has 0 fully saturated rings. The van der Waals surface area contributed by atoms with Gasteiger partial charge in [0, 0.05) is 19.5 Å². The summed E-state index contributed by atoms with van der Waals surface area (Å²) in [6.07, 6.45) is 3.25. The molecule has 6 nitrogen and oxygen atoms in total. The highest BCUT2D eigenvalue weighted by atomic mass is 16.5. The highest BCUT2D eigenvalue weighted by Gasteiger charge is 2.27. The first-order valence-corrected chi connectivity index (χ1v) is 9.00. The predicted octanol–water partition coefficient (Wildman–Crippen LogP) is 2.25. The third-order valence-electron chi connectivity index (χ3n) is 4.42. The number of anilines is 1. The van der Waals surface area contributed by atoms with Crippen LogP contribution in [-0.2, 0) is 9.59 Å². The van der Waals surface area contributed by atoms with E-state index in [1.165, 1.54) is 0 Å². The minimum absolute atomic E-state index is 0.00855. The highest BCUT2D eigenvalue weighted by molar-refractivity contribution is 5.98. The number of nitrogens with one attached hydrogen (secondary N) is 1. The zero-order valence-electron chi connectivity index (χ0n) is 15.1. The number of hydrogen-bond acceptors (Lipinski definition) is 4. The molecule has 2 amide bonds. The van der Waals surface area contributed by atoms with Crippen LogP contribution in [0.3, 0.4) is 0 Å². The van der Waals surface area contributed by atoms with Crippen molar-refractivity contribution in [1.82, 2.24) is 5.32 Å². The van der Waals surface area contributed by atoms with Gasteiger partial charge in [-0.1, -0.05) is 38.8 Å². The van der Waals surface area contributed by atoms with Crippen molar-refractivity contribution in [2.45, 2.75) is 51.6 Å². The standard InChI is InChI=1S/C19H28N2O4/c1-3-10-19(24,11-4-2)14-20-17(22)9-12-21-15-7-5-6-8-16(15)25-13-18(21)23/h5-8,24H,3-4,9-14H2,1-2H3,(H,20,22). The second-order valence-electron chi connectivity index (χ2n) is 6.55. The summed E-state index contributed by atoms with van der Waals surface area (Å²) >= 11 is 0. The smallest absolute Gasteiger partial charge is 0.265 e. The third kappa shape index (κ3) is 5.19. The summed E-state index contributed by atoms with van der Waals surface area (Å²) in [7, 11) is 0. The van der Waals surface area contributed by atoms with Gasteiger partial charge in [0.05, 0.1) is 11.3 Å². The van der Waals surface area contributed by atoms with E-state index in [0.29, 0.717) is 30.8 Å². The number of ether oxygens (including phenoxy) is 1. The molecular weight excluding hydrogens is 320 g/mol. The normalized spacial score (nSPS) is 14.0. The first-order valence-electron chi connectivity index (χ1n) is 9.00. The van der Waals surface area contributed by atoms with Gasteiger partial charge in [-0.3, -0.25) is 9.59 Å². The summed E-state index contributed by atoms with van der Waals surface area (Å²) in [5, 5.41) is 13.4. The maximum Gasteiger partial charge on any atom is 0.265 e. The lowest BCUT2D eigenvalue weighted by molar-refractivity contribution is -0.123. The zero-order chi connectivity index (χ0) is 18.3. The Balaban J connectivity index is 1.88. The van der Waals surface area contributed by atoms with E-state index >= 15 is 0 Å². The van der Waals surface area contributed by atoms with Gasteiger partial charge in [-0.2, -0.15) is 0 Å². The number of nitrogens with zero attached hydrogens (tertiary/aromatic N) is 1. The second kappa shape index (κ2) is 8.85. The molecule has 0 unspecified atom stereocenters. The van der Waals surface area contributed by atoms with Crippen molar-refractivity contribution in [3.05, 3.63) is 24.3 Å². The third-order valence-corrected chi connectivity index (χ3v) is 4.42. The van der Waals surface area contributed by atoms with Gasteiger partial charge in [-0.05, 0) is 25.0 Å². The molecule has 0 saturated carbocycles. The van der Waals surface area contributed by atoms with Crippen LogP contribution in [0.4, 0.5) is 5.69 Å². The summed E-state index contributed by atoms with van der Waals surface area (Å²) in [5.41, 5.74) is -0.152. The van der Waals surface area contributed by atoms with Crippen LogP contribution in [0.1, 0.15) is 46.0 Å². The van der Waals surface area contributed by atoms with Crippen molar-refractivity contribution in [3.63, 3.8) is 0 Å². The lowest BCUT2D eigenvalue weighted by atomic mass is 9.92. The van der Waals surface area contributed by atoms with Gasteiger partial charge in [-0.25, -0.2) is 0 Å². The van der Waals surface area contributed by atoms with Gasteiger partial charge in [0.1, 0.15) is 5.75 Å². The van der Waals surface area contributed by atoms with Gasteiger partial charge >= 0.3 is 0 Å². The van der Waals surface area contributed by atoms with E-state index in [0.717, 1.165) is 12.8 Å². The van der Waals surface area contributed by atoms with E-state index in [4.69, 9.17) is 4.74 Å². The average Bonchev–Trinajstić information content (AvgIpc) is 2.59. The van der Waals surface area contributed by atoms with Crippen molar-refractivity contribution >= 4 is 17.5 Å². The summed E-state index contributed by atoms with van der Waals surface area (Å²) in [5.74, 6) is 0.338. The Labute approximate surface area is 149 Å². The van der Waals surface area contributed by atoms with Crippen LogP contribution in [0.25, 0.3) is 0 Å². The average molecular weight is 348 g/mol. The van der Waals surface area contributed by atoms with Crippen LogP contribution in [-0.4, -0.2) is 42.2 Å². The Morgan fingerprint density at radius 1 is 1.28 bits per heavy atom. The molecule has 1 aliphatic heterocycles. The van der Waals surface area contributed by atoms with Gasteiger partial charge < -0.3 is 20.1 Å². The Morgan fingerprint density at radius 3 is 2.64 bits per heavy atom. The largest absolute Gasteiger partial charge is 0.482 e. The maximum atomic E-state index is 12.2. The van der Waals surface area contributed by atoms with Crippen LogP contribution in [0, 0.1) is 0 Å². The van der Waals surface area contributed by atoms with E-state index in [9.17, 15) is 14.7 Å². The number of hydrogen-bond donors (Lipinski definition) is 2. The molecule has 2 N–H and O–H groups in total. The number of amides is 2. The van der Waals surface area contributed by atoms with Gasteiger partial charge in [0.25, 0.3) is 5.91 Å². The van der Waals surface area contributed by atoms with Crippen LogP contribution in [0.15, 0.2) is 24.3 Å². The van der Waals surface area contributed by atoms with Crippen LogP contribution in [0.5, 0.6) is 5.75 Å². The molecule has 0 saturated heterocycles. The van der Waals surface area contributed by atoms with Crippen molar-refractivity contribution < 1.29 is 19.4 Å². The first kappa shape index (κ1) is 19.2. The van der Waals surface area contributed by atoms with E-state index in [-0.39, 0.29) is 31.4 Å². The first-order chi connectivity index (χ1) is 12.0. The second-order valence-corrected chi connectivity index (χ2v) is 6.55. The molecule has 0 spiro atoms. The molecule has 0 bridgehead atoms. The van der Waals surface area contributed by atoms with Crippen molar-refractivity contribution in [1.29, 1.82) is 0 Å². The molecule has 138 valence electrons. The number of carbonyl (C=O) groups excluding carboxylic acids is 2. The fourth-order valence-corrected chi connectivity index (χ4v) is 3.20. The fraction of sp³-hybridized carbons (Fsp3) is 0.579. The minimum Gasteiger partial charge on any atom is -0.482 e. The predicted molar refractivity (Wildman–Crippen MR) is 96.7 cm³/mol. The Morgan fingerprint density at radius 2 is 1.96 bits per heavy atom. The number of para-hydroxylation sites is 2. The topological polar surface area (TPSA) is 78.9 Å². The molecule has 0 aromatic heterocycles. The van der Waals surface area contributed by atoms with Crippen molar-refractivity contribution in [2.75, 3.05) is 24.6 Å². The molecule has 1 heterocycles. The summed E-state index contributed by atoms with van der Waals surface area (Å²) in [6.45, 7) is 4.57. The highest BCUT2D eigenvalue weighted by Crippen LogP contribution is 2.31. The minimum atomic E-state index is -0.847. The van der Waals surface area contributed by atoms with Crippen LogP contribution < -0.4 is 15.0 Å². The molecule has 2 rings (SSSR count). The van der Waals surface area contributed by atoms with Gasteiger partial charge in [0.15, 0.2) is 6.61 Å². The van der Waals surface area contributed by atoms with Gasteiger partial charge in [-0.15, -0.1) is 0 Å². The molecular formula is C19H28N2O4. The molecule has 0 aliphatic carbocycles. The molecule has 25 heavy (non-hydrogen) atoms. The SMILES string of the molecule is CCCC(O)(CCC)CNC(=O)CCN1C(=O)COc2ccccc21. The van der Waals surface area contributed by atoms with Crippen LogP contribution in [0.2, 0.25) is 0 Å². The molecule has 1 aromatic rings. The molecule has 6 heteroatoms. The molecule has 0 atom stereocenters. The van der Waals surface area contributed by atoms with Crippen molar-refractivity contribution in [2.24, 2.45) is 0 Å². The molecule has 1 aromatic carbocycles. The molecule has 0 radical (unpaired) electrons. The summed E-state index contributed by atoms with van der Waals surface area (Å²) < 4.78 is 5.39. The van der Waals surface area contributed by atoms with E-state index in [1.807, 2.05) is 38.1 Å². The van der Waals surface area contributed by atoms with E-state index < -0.39 is 5.60 Å². The summed E-state index contributed by atoms with van der Waals surface area (Å²) in [4.78, 5) is 25.8. The number of aliphatic hydroxyl groups is 1. The Kier molecular flexibility index (Phi) is 6.82. The van der Waals surface area contributed by atoms with Gasteiger partial charge in [0.2, 0.25) is 5.91 Å². The van der Waals surface area contributed by atoms with Crippen molar-refractivity contribution in [3.8, 4) is 5.75 Å². The monoisotopic (exact) mass is 348 g/mol. The lowest BCUT2D eigenvalue weighted by Gasteiger charge is -2.30. The number of fused-ring (bicyclic) bond motifs is 1. The quantitative estimate of drug-likeness (QED) is 0.717. The number of carbonyl (C=O) groups is 2. The van der Waals surface area contributed by atoms with Crippen LogP contribution >= 0.6 is 0 Å². The van der Waals surface area contributed by atoms with E-state index in [1.54, 1.807) is 4.90 Å². The number of rotatable bonds is 9. The van der Waals surface area contributed by atoms with E-state index in [2.05, 4.69) is 5.32 Å². The zero-order valence-corrected chi connectivity index (χ0v) is 15.1. The lowest BCUT2D eigenvalue weighted by Crippen LogP contribution is -2.45. The summed E-state index contributed by atoms with van der Waals surface area (Å²) in [6, 6.07) is 7.31.